The number of carbonyl (C=O) groups excluding carboxylic acids is 2. The van der Waals surface area contributed by atoms with Gasteiger partial charge in [-0.05, 0) is 51.8 Å². The molecule has 0 spiro atoms. The van der Waals surface area contributed by atoms with Crippen LogP contribution in [0.15, 0.2) is 22.7 Å². The van der Waals surface area contributed by atoms with E-state index >= 15 is 0 Å². The highest BCUT2D eigenvalue weighted by atomic mass is 79.9. The molecule has 1 aliphatic heterocycles. The summed E-state index contributed by atoms with van der Waals surface area (Å²) in [5.41, 5.74) is -0.518. The van der Waals surface area contributed by atoms with Crippen molar-refractivity contribution < 1.29 is 18.7 Å². The first-order chi connectivity index (χ1) is 10.7. The van der Waals surface area contributed by atoms with Crippen LogP contribution < -0.4 is 0 Å². The van der Waals surface area contributed by atoms with Gasteiger partial charge in [0.1, 0.15) is 11.4 Å². The topological polar surface area (TPSA) is 46.6 Å². The van der Waals surface area contributed by atoms with Crippen LogP contribution in [0.4, 0.5) is 9.18 Å². The number of nitrogens with zero attached hydrogens (tertiary/aromatic N) is 1. The molecule has 0 bridgehead atoms. The third-order valence-electron chi connectivity index (χ3n) is 3.66. The van der Waals surface area contributed by atoms with E-state index < -0.39 is 17.5 Å². The minimum absolute atomic E-state index is 0.0595. The molecule has 0 radical (unpaired) electrons. The van der Waals surface area contributed by atoms with Crippen molar-refractivity contribution in [2.45, 2.75) is 51.7 Å². The molecule has 1 amide bonds. The second-order valence-electron chi connectivity index (χ2n) is 6.72. The maximum absolute atomic E-state index is 13.9. The van der Waals surface area contributed by atoms with Crippen LogP contribution in [0.3, 0.4) is 0 Å². The Morgan fingerprint density at radius 2 is 2.09 bits per heavy atom. The summed E-state index contributed by atoms with van der Waals surface area (Å²) in [6.45, 7) is 5.98. The molecular weight excluding hydrogens is 365 g/mol. The van der Waals surface area contributed by atoms with Gasteiger partial charge in [-0.1, -0.05) is 15.9 Å². The summed E-state index contributed by atoms with van der Waals surface area (Å²) >= 11 is 3.17. The molecule has 23 heavy (non-hydrogen) atoms. The van der Waals surface area contributed by atoms with E-state index in [-0.39, 0.29) is 23.8 Å². The van der Waals surface area contributed by atoms with Gasteiger partial charge in [0.2, 0.25) is 0 Å². The number of carbonyl (C=O) groups is 2. The largest absolute Gasteiger partial charge is 0.444 e. The molecule has 4 nitrogen and oxygen atoms in total. The number of ether oxygens (including phenoxy) is 1. The molecule has 1 aromatic carbocycles. The zero-order valence-corrected chi connectivity index (χ0v) is 15.2. The summed E-state index contributed by atoms with van der Waals surface area (Å²) in [5.74, 6) is -0.846. The molecule has 1 saturated heterocycles. The molecule has 1 aliphatic rings. The smallest absolute Gasteiger partial charge is 0.410 e. The van der Waals surface area contributed by atoms with Gasteiger partial charge in [0.15, 0.2) is 5.78 Å². The van der Waals surface area contributed by atoms with Crippen molar-refractivity contribution in [1.29, 1.82) is 0 Å². The van der Waals surface area contributed by atoms with Crippen molar-refractivity contribution >= 4 is 27.8 Å². The van der Waals surface area contributed by atoms with E-state index in [2.05, 4.69) is 15.9 Å². The molecule has 0 aromatic heterocycles. The maximum Gasteiger partial charge on any atom is 0.410 e. The summed E-state index contributed by atoms with van der Waals surface area (Å²) in [6, 6.07) is 4.14. The van der Waals surface area contributed by atoms with Gasteiger partial charge in [-0.15, -0.1) is 0 Å². The number of benzene rings is 1. The Morgan fingerprint density at radius 1 is 1.39 bits per heavy atom. The highest BCUT2D eigenvalue weighted by Gasteiger charge is 2.33. The van der Waals surface area contributed by atoms with E-state index in [0.29, 0.717) is 11.0 Å². The third kappa shape index (κ3) is 4.77. The van der Waals surface area contributed by atoms with Crippen molar-refractivity contribution in [2.24, 2.45) is 0 Å². The van der Waals surface area contributed by atoms with Gasteiger partial charge >= 0.3 is 6.09 Å². The molecule has 1 aromatic rings. The lowest BCUT2D eigenvalue weighted by Crippen LogP contribution is -2.40. The fourth-order valence-electron chi connectivity index (χ4n) is 2.65. The first-order valence-corrected chi connectivity index (χ1v) is 8.44. The molecular formula is C17H21BrFNO3. The van der Waals surface area contributed by atoms with E-state index in [1.165, 1.54) is 12.1 Å². The van der Waals surface area contributed by atoms with E-state index in [9.17, 15) is 14.0 Å². The van der Waals surface area contributed by atoms with Crippen molar-refractivity contribution in [3.8, 4) is 0 Å². The number of ketones is 1. The van der Waals surface area contributed by atoms with Crippen LogP contribution in [0.1, 0.15) is 50.4 Å². The number of halogens is 2. The molecule has 0 N–H and O–H groups in total. The molecule has 1 unspecified atom stereocenters. The normalized spacial score (nSPS) is 18.1. The second kappa shape index (κ2) is 6.99. The summed E-state index contributed by atoms with van der Waals surface area (Å²) < 4.78 is 19.9. The minimum Gasteiger partial charge on any atom is -0.444 e. The molecule has 1 heterocycles. The van der Waals surface area contributed by atoms with Crippen molar-refractivity contribution in [3.63, 3.8) is 0 Å². The van der Waals surface area contributed by atoms with Crippen LogP contribution in [0.25, 0.3) is 0 Å². The maximum atomic E-state index is 13.9. The van der Waals surface area contributed by atoms with Gasteiger partial charge in [0, 0.05) is 23.5 Å². The summed E-state index contributed by atoms with van der Waals surface area (Å²) in [6.07, 6.45) is 1.24. The Kier molecular flexibility index (Phi) is 5.45. The molecule has 126 valence electrons. The number of rotatable bonds is 3. The number of hydrogen-bond donors (Lipinski definition) is 0. The lowest BCUT2D eigenvalue weighted by Gasteiger charge is -2.28. The first kappa shape index (κ1) is 17.9. The number of amides is 1. The van der Waals surface area contributed by atoms with Crippen molar-refractivity contribution in [1.82, 2.24) is 4.90 Å². The van der Waals surface area contributed by atoms with Crippen molar-refractivity contribution in [3.05, 3.63) is 34.1 Å². The van der Waals surface area contributed by atoms with E-state index in [0.717, 1.165) is 12.8 Å². The first-order valence-electron chi connectivity index (χ1n) is 7.65. The molecule has 0 saturated carbocycles. The number of hydrogen-bond acceptors (Lipinski definition) is 3. The van der Waals surface area contributed by atoms with Gasteiger partial charge < -0.3 is 9.64 Å². The van der Waals surface area contributed by atoms with Gasteiger partial charge in [-0.25, -0.2) is 9.18 Å². The van der Waals surface area contributed by atoms with Gasteiger partial charge in [0.05, 0.1) is 5.56 Å². The highest BCUT2D eigenvalue weighted by Crippen LogP contribution is 2.25. The zero-order valence-electron chi connectivity index (χ0n) is 13.6. The fourth-order valence-corrected chi connectivity index (χ4v) is 2.98. The van der Waals surface area contributed by atoms with E-state index in [4.69, 9.17) is 4.74 Å². The molecule has 2 rings (SSSR count). The van der Waals surface area contributed by atoms with Crippen LogP contribution in [-0.4, -0.2) is 35.0 Å². The van der Waals surface area contributed by atoms with Crippen LogP contribution in [-0.2, 0) is 4.74 Å². The standard InChI is InChI=1S/C17H21BrFNO3/c1-17(2,3)23-16(22)20-8-4-5-12(20)10-15(21)13-7-6-11(18)9-14(13)19/h6-7,9,12H,4-5,8,10H2,1-3H3. The molecule has 1 atom stereocenters. The average molecular weight is 386 g/mol. The Balaban J connectivity index is 2.06. The Hall–Kier alpha value is -1.43. The van der Waals surface area contributed by atoms with E-state index in [1.807, 2.05) is 0 Å². The highest BCUT2D eigenvalue weighted by molar-refractivity contribution is 9.10. The van der Waals surface area contributed by atoms with Crippen LogP contribution in [0, 0.1) is 5.82 Å². The monoisotopic (exact) mass is 385 g/mol. The van der Waals surface area contributed by atoms with Gasteiger partial charge in [-0.3, -0.25) is 4.79 Å². The number of likely N-dealkylation sites (tertiary alicyclic amines) is 1. The predicted octanol–water partition coefficient (Wildman–Crippen LogP) is 4.56. The van der Waals surface area contributed by atoms with Crippen LogP contribution in [0.5, 0.6) is 0 Å². The lowest BCUT2D eigenvalue weighted by atomic mass is 10.0. The van der Waals surface area contributed by atoms with Crippen LogP contribution in [0.2, 0.25) is 0 Å². The van der Waals surface area contributed by atoms with Gasteiger partial charge in [0.25, 0.3) is 0 Å². The summed E-state index contributed by atoms with van der Waals surface area (Å²) in [7, 11) is 0. The number of Topliss-reactive ketones (excluding diaryl/α,β-unsaturated/α-hetero) is 1. The average Bonchev–Trinajstić information content (AvgIpc) is 2.84. The van der Waals surface area contributed by atoms with Crippen molar-refractivity contribution in [2.75, 3.05) is 6.54 Å². The molecule has 0 aliphatic carbocycles. The fraction of sp³-hybridized carbons (Fsp3) is 0.529. The molecule has 6 heteroatoms. The van der Waals surface area contributed by atoms with E-state index in [1.54, 1.807) is 31.7 Å². The lowest BCUT2D eigenvalue weighted by molar-refractivity contribution is 0.0223. The van der Waals surface area contributed by atoms with Crippen LogP contribution >= 0.6 is 15.9 Å². The third-order valence-corrected chi connectivity index (χ3v) is 4.15. The minimum atomic E-state index is -0.577. The Morgan fingerprint density at radius 3 is 2.70 bits per heavy atom. The quantitative estimate of drug-likeness (QED) is 0.716. The summed E-state index contributed by atoms with van der Waals surface area (Å²) in [4.78, 5) is 26.1. The summed E-state index contributed by atoms with van der Waals surface area (Å²) in [5, 5.41) is 0. The zero-order chi connectivity index (χ0) is 17.2. The Labute approximate surface area is 144 Å². The Bertz CT molecular complexity index is 612. The SMILES string of the molecule is CC(C)(C)OC(=O)N1CCCC1CC(=O)c1ccc(Br)cc1F. The van der Waals surface area contributed by atoms with Gasteiger partial charge in [-0.2, -0.15) is 0 Å². The second-order valence-corrected chi connectivity index (χ2v) is 7.64. The predicted molar refractivity (Wildman–Crippen MR) is 89.0 cm³/mol. The molecule has 1 fully saturated rings.